The molecule has 0 unspecified atom stereocenters. The number of para-hydroxylation sites is 1. The lowest BCUT2D eigenvalue weighted by molar-refractivity contribution is -0.123. The first-order valence-corrected chi connectivity index (χ1v) is 9.24. The van der Waals surface area contributed by atoms with Gasteiger partial charge in [0.2, 0.25) is 0 Å². The second-order valence-corrected chi connectivity index (χ2v) is 6.50. The number of carbonyl (C=O) groups excluding carboxylic acids is 2. The van der Waals surface area contributed by atoms with Crippen molar-refractivity contribution in [3.63, 3.8) is 0 Å². The summed E-state index contributed by atoms with van der Waals surface area (Å²) in [5.41, 5.74) is 2.00. The summed E-state index contributed by atoms with van der Waals surface area (Å²) in [6, 6.07) is 12.4. The van der Waals surface area contributed by atoms with Gasteiger partial charge in [-0.3, -0.25) is 4.79 Å². The van der Waals surface area contributed by atoms with E-state index in [9.17, 15) is 9.59 Å². The summed E-state index contributed by atoms with van der Waals surface area (Å²) >= 11 is 0. The minimum absolute atomic E-state index is 0.225. The van der Waals surface area contributed by atoms with Crippen LogP contribution in [0.3, 0.4) is 0 Å². The van der Waals surface area contributed by atoms with E-state index in [0.29, 0.717) is 17.4 Å². The molecule has 0 saturated carbocycles. The van der Waals surface area contributed by atoms with Crippen LogP contribution in [0.4, 0.5) is 5.69 Å². The van der Waals surface area contributed by atoms with Crippen molar-refractivity contribution in [1.29, 1.82) is 0 Å². The van der Waals surface area contributed by atoms with E-state index in [0.717, 1.165) is 17.7 Å². The van der Waals surface area contributed by atoms with Crippen molar-refractivity contribution >= 4 is 17.6 Å². The lowest BCUT2D eigenvalue weighted by Crippen LogP contribution is -2.30. The van der Waals surface area contributed by atoms with E-state index in [1.54, 1.807) is 18.2 Å². The SMILES string of the molecule is CC[C@H](C)c1ccccc1NC(=O)[C@H](C)OC(=O)c1ccc(OC)cc1OC. The van der Waals surface area contributed by atoms with E-state index in [2.05, 4.69) is 19.2 Å². The Bertz CT molecular complexity index is 833. The number of esters is 1. The van der Waals surface area contributed by atoms with Gasteiger partial charge in [0.1, 0.15) is 17.1 Å². The van der Waals surface area contributed by atoms with Gasteiger partial charge in [-0.15, -0.1) is 0 Å². The predicted molar refractivity (Wildman–Crippen MR) is 108 cm³/mol. The van der Waals surface area contributed by atoms with E-state index >= 15 is 0 Å². The number of methoxy groups -OCH3 is 2. The van der Waals surface area contributed by atoms with Crippen molar-refractivity contribution in [1.82, 2.24) is 0 Å². The van der Waals surface area contributed by atoms with Crippen LogP contribution in [0, 0.1) is 0 Å². The van der Waals surface area contributed by atoms with Gasteiger partial charge in [0.15, 0.2) is 6.10 Å². The molecule has 0 bridgehead atoms. The van der Waals surface area contributed by atoms with Crippen LogP contribution in [-0.4, -0.2) is 32.2 Å². The molecule has 0 heterocycles. The molecule has 6 heteroatoms. The fourth-order valence-electron chi connectivity index (χ4n) is 2.74. The maximum absolute atomic E-state index is 12.6. The van der Waals surface area contributed by atoms with Crippen LogP contribution in [0.5, 0.6) is 11.5 Å². The standard InChI is InChI=1S/C22H27NO5/c1-6-14(2)17-9-7-8-10-19(17)23-21(24)15(3)28-22(25)18-12-11-16(26-4)13-20(18)27-5/h7-15H,6H2,1-5H3,(H,23,24)/t14-,15-/m0/s1. The molecule has 0 saturated heterocycles. The molecule has 0 aliphatic rings. The maximum atomic E-state index is 12.6. The first-order chi connectivity index (χ1) is 13.4. The molecule has 1 N–H and O–H groups in total. The molecule has 0 aromatic heterocycles. The highest BCUT2D eigenvalue weighted by Gasteiger charge is 2.23. The molecule has 2 rings (SSSR count). The smallest absolute Gasteiger partial charge is 0.342 e. The first kappa shape index (κ1) is 21.3. The van der Waals surface area contributed by atoms with E-state index in [-0.39, 0.29) is 5.56 Å². The van der Waals surface area contributed by atoms with Crippen LogP contribution in [0.15, 0.2) is 42.5 Å². The zero-order valence-electron chi connectivity index (χ0n) is 16.9. The van der Waals surface area contributed by atoms with E-state index in [4.69, 9.17) is 14.2 Å². The van der Waals surface area contributed by atoms with Gasteiger partial charge < -0.3 is 19.5 Å². The van der Waals surface area contributed by atoms with Crippen molar-refractivity contribution in [2.75, 3.05) is 19.5 Å². The summed E-state index contributed by atoms with van der Waals surface area (Å²) in [6.45, 7) is 5.73. The Morgan fingerprint density at radius 3 is 2.39 bits per heavy atom. The summed E-state index contributed by atoms with van der Waals surface area (Å²) in [4.78, 5) is 25.0. The summed E-state index contributed by atoms with van der Waals surface area (Å²) in [6.07, 6.45) is -0.0152. The molecule has 28 heavy (non-hydrogen) atoms. The number of nitrogens with one attached hydrogen (secondary N) is 1. The largest absolute Gasteiger partial charge is 0.497 e. The fourth-order valence-corrected chi connectivity index (χ4v) is 2.74. The highest BCUT2D eigenvalue weighted by Crippen LogP contribution is 2.27. The van der Waals surface area contributed by atoms with E-state index < -0.39 is 18.0 Å². The van der Waals surface area contributed by atoms with Crippen molar-refractivity contribution < 1.29 is 23.8 Å². The van der Waals surface area contributed by atoms with Crippen molar-refractivity contribution in [2.24, 2.45) is 0 Å². The first-order valence-electron chi connectivity index (χ1n) is 9.24. The quantitative estimate of drug-likeness (QED) is 0.682. The van der Waals surface area contributed by atoms with Gasteiger partial charge in [-0.05, 0) is 43.0 Å². The second-order valence-electron chi connectivity index (χ2n) is 6.50. The number of rotatable bonds is 8. The third-order valence-electron chi connectivity index (χ3n) is 4.64. The average Bonchev–Trinajstić information content (AvgIpc) is 2.72. The predicted octanol–water partition coefficient (Wildman–Crippen LogP) is 4.40. The van der Waals surface area contributed by atoms with E-state index in [1.807, 2.05) is 24.3 Å². The second kappa shape index (κ2) is 9.78. The number of carbonyl (C=O) groups is 2. The molecule has 150 valence electrons. The number of anilines is 1. The molecule has 2 aromatic carbocycles. The van der Waals surface area contributed by atoms with Crippen molar-refractivity contribution in [2.45, 2.75) is 39.2 Å². The summed E-state index contributed by atoms with van der Waals surface area (Å²) in [5.74, 6) is 0.145. The van der Waals surface area contributed by atoms with Gasteiger partial charge in [0, 0.05) is 11.8 Å². The average molecular weight is 385 g/mol. The lowest BCUT2D eigenvalue weighted by atomic mass is 9.97. The molecule has 2 aromatic rings. The summed E-state index contributed by atoms with van der Waals surface area (Å²) < 4.78 is 15.7. The number of amides is 1. The molecule has 0 radical (unpaired) electrons. The van der Waals surface area contributed by atoms with Crippen LogP contribution >= 0.6 is 0 Å². The van der Waals surface area contributed by atoms with E-state index in [1.165, 1.54) is 21.1 Å². The number of benzene rings is 2. The van der Waals surface area contributed by atoms with Gasteiger partial charge in [-0.1, -0.05) is 32.0 Å². The van der Waals surface area contributed by atoms with Gasteiger partial charge in [-0.25, -0.2) is 4.79 Å². The highest BCUT2D eigenvalue weighted by molar-refractivity contribution is 5.98. The molecule has 0 aliphatic heterocycles. The van der Waals surface area contributed by atoms with Crippen LogP contribution in [0.25, 0.3) is 0 Å². The zero-order chi connectivity index (χ0) is 20.7. The Morgan fingerprint density at radius 2 is 1.75 bits per heavy atom. The molecule has 0 spiro atoms. The molecule has 0 aliphatic carbocycles. The molecular formula is C22H27NO5. The summed E-state index contributed by atoms with van der Waals surface area (Å²) in [7, 11) is 2.98. The van der Waals surface area contributed by atoms with Crippen molar-refractivity contribution in [3.05, 3.63) is 53.6 Å². The van der Waals surface area contributed by atoms with Crippen molar-refractivity contribution in [3.8, 4) is 11.5 Å². The van der Waals surface area contributed by atoms with Crippen LogP contribution in [-0.2, 0) is 9.53 Å². The third kappa shape index (κ3) is 5.03. The monoisotopic (exact) mass is 385 g/mol. The minimum atomic E-state index is -0.968. The normalized spacial score (nSPS) is 12.6. The topological polar surface area (TPSA) is 73.9 Å². The third-order valence-corrected chi connectivity index (χ3v) is 4.64. The van der Waals surface area contributed by atoms with Gasteiger partial charge in [0.05, 0.1) is 14.2 Å². The highest BCUT2D eigenvalue weighted by atomic mass is 16.5. The molecule has 6 nitrogen and oxygen atoms in total. The molecule has 2 atom stereocenters. The Balaban J connectivity index is 2.10. The molecular weight excluding hydrogens is 358 g/mol. The van der Waals surface area contributed by atoms with Crippen LogP contribution in [0.1, 0.15) is 49.0 Å². The van der Waals surface area contributed by atoms with Crippen LogP contribution < -0.4 is 14.8 Å². The summed E-state index contributed by atoms with van der Waals surface area (Å²) in [5, 5.41) is 2.86. The molecule has 0 fully saturated rings. The number of ether oxygens (including phenoxy) is 3. The lowest BCUT2D eigenvalue weighted by Gasteiger charge is -2.18. The van der Waals surface area contributed by atoms with Gasteiger partial charge >= 0.3 is 5.97 Å². The number of hydrogen-bond donors (Lipinski definition) is 1. The number of hydrogen-bond acceptors (Lipinski definition) is 5. The van der Waals surface area contributed by atoms with Crippen LogP contribution in [0.2, 0.25) is 0 Å². The Kier molecular flexibility index (Phi) is 7.44. The Labute approximate surface area is 165 Å². The molecule has 1 amide bonds. The zero-order valence-corrected chi connectivity index (χ0v) is 16.9. The minimum Gasteiger partial charge on any atom is -0.497 e. The van der Waals surface area contributed by atoms with Gasteiger partial charge in [0.25, 0.3) is 5.91 Å². The maximum Gasteiger partial charge on any atom is 0.342 e. The van der Waals surface area contributed by atoms with Gasteiger partial charge in [-0.2, -0.15) is 0 Å². The Hall–Kier alpha value is -3.02. The Morgan fingerprint density at radius 1 is 1.04 bits per heavy atom. The fraction of sp³-hybridized carbons (Fsp3) is 0.364.